The predicted molar refractivity (Wildman–Crippen MR) is 64.5 cm³/mol. The third-order valence-corrected chi connectivity index (χ3v) is 2.32. The van der Waals surface area contributed by atoms with Crippen molar-refractivity contribution in [1.29, 1.82) is 0 Å². The highest BCUT2D eigenvalue weighted by Crippen LogP contribution is 2.09. The average molecular weight is 221 g/mol. The van der Waals surface area contributed by atoms with E-state index in [0.717, 1.165) is 12.0 Å². The van der Waals surface area contributed by atoms with E-state index in [1.165, 1.54) is 0 Å². The van der Waals surface area contributed by atoms with Gasteiger partial charge in [-0.15, -0.1) is 0 Å². The lowest BCUT2D eigenvalue weighted by Gasteiger charge is -2.18. The lowest BCUT2D eigenvalue weighted by Crippen LogP contribution is -2.38. The zero-order valence-corrected chi connectivity index (χ0v) is 10.1. The first-order valence-corrected chi connectivity index (χ1v) is 5.52. The molecule has 0 aliphatic carbocycles. The largest absolute Gasteiger partial charge is 0.389 e. The Morgan fingerprint density at radius 1 is 1.38 bits per heavy atom. The summed E-state index contributed by atoms with van der Waals surface area (Å²) in [7, 11) is 0. The first kappa shape index (κ1) is 12.7. The summed E-state index contributed by atoms with van der Waals surface area (Å²) in [5.74, 6) is -0.125. The van der Waals surface area contributed by atoms with Gasteiger partial charge in [-0.3, -0.25) is 4.79 Å². The maximum Gasteiger partial charge on any atom is 0.251 e. The Morgan fingerprint density at radius 3 is 2.56 bits per heavy atom. The van der Waals surface area contributed by atoms with Crippen LogP contribution in [0.25, 0.3) is 0 Å². The molecule has 0 atom stereocenters. The molecule has 88 valence electrons. The van der Waals surface area contributed by atoms with Crippen molar-refractivity contribution in [2.45, 2.75) is 32.8 Å². The van der Waals surface area contributed by atoms with E-state index in [-0.39, 0.29) is 12.5 Å². The average Bonchev–Trinajstić information content (AvgIpc) is 2.25. The van der Waals surface area contributed by atoms with Gasteiger partial charge in [0.2, 0.25) is 0 Å². The van der Waals surface area contributed by atoms with Gasteiger partial charge in [0.25, 0.3) is 5.91 Å². The predicted octanol–water partition coefficient (Wildman–Crippen LogP) is 1.75. The minimum Gasteiger partial charge on any atom is -0.389 e. The zero-order valence-electron chi connectivity index (χ0n) is 10.1. The van der Waals surface area contributed by atoms with Gasteiger partial charge in [-0.25, -0.2) is 0 Å². The van der Waals surface area contributed by atoms with Gasteiger partial charge in [0, 0.05) is 12.1 Å². The van der Waals surface area contributed by atoms with E-state index in [0.29, 0.717) is 5.56 Å². The molecule has 16 heavy (non-hydrogen) atoms. The van der Waals surface area contributed by atoms with Gasteiger partial charge < -0.3 is 10.4 Å². The van der Waals surface area contributed by atoms with Crippen LogP contribution in [0.2, 0.25) is 0 Å². The molecule has 1 aromatic carbocycles. The summed E-state index contributed by atoms with van der Waals surface area (Å²) in [6.45, 7) is 5.60. The Morgan fingerprint density at radius 2 is 2.00 bits per heavy atom. The lowest BCUT2D eigenvalue weighted by atomic mass is 10.0. The molecule has 0 spiro atoms. The Kier molecular flexibility index (Phi) is 4.07. The van der Waals surface area contributed by atoms with Crippen molar-refractivity contribution in [2.75, 3.05) is 6.54 Å². The number of benzene rings is 1. The molecule has 0 heterocycles. The van der Waals surface area contributed by atoms with Crippen molar-refractivity contribution in [3.8, 4) is 0 Å². The third-order valence-electron chi connectivity index (χ3n) is 2.32. The van der Waals surface area contributed by atoms with Crippen LogP contribution in [-0.2, 0) is 6.42 Å². The highest BCUT2D eigenvalue weighted by Gasteiger charge is 2.15. The Hall–Kier alpha value is -1.35. The number of carbonyl (C=O) groups excluding carboxylic acids is 1. The first-order valence-electron chi connectivity index (χ1n) is 5.52. The van der Waals surface area contributed by atoms with E-state index in [9.17, 15) is 9.90 Å². The van der Waals surface area contributed by atoms with Gasteiger partial charge in [-0.1, -0.05) is 25.1 Å². The van der Waals surface area contributed by atoms with Crippen molar-refractivity contribution in [3.05, 3.63) is 35.4 Å². The van der Waals surface area contributed by atoms with Gasteiger partial charge >= 0.3 is 0 Å². The fourth-order valence-electron chi connectivity index (χ4n) is 1.44. The van der Waals surface area contributed by atoms with Crippen LogP contribution in [0.1, 0.15) is 36.7 Å². The minimum absolute atomic E-state index is 0.125. The summed E-state index contributed by atoms with van der Waals surface area (Å²) in [6.07, 6.45) is 0.826. The standard InChI is InChI=1S/C13H19NO2/c1-4-10-7-5-6-8-11(10)12(15)14-9-13(2,3)16/h5-8,16H,4,9H2,1-3H3,(H,14,15). The second-order valence-electron chi connectivity index (χ2n) is 4.51. The van der Waals surface area contributed by atoms with Crippen molar-refractivity contribution in [3.63, 3.8) is 0 Å². The molecule has 3 nitrogen and oxygen atoms in total. The molecular formula is C13H19NO2. The van der Waals surface area contributed by atoms with E-state index in [1.54, 1.807) is 19.9 Å². The summed E-state index contributed by atoms with van der Waals surface area (Å²) in [4.78, 5) is 11.8. The molecule has 0 aliphatic rings. The van der Waals surface area contributed by atoms with Crippen LogP contribution in [0.3, 0.4) is 0 Å². The summed E-state index contributed by atoms with van der Waals surface area (Å²) in [5.41, 5.74) is 0.835. The minimum atomic E-state index is -0.878. The number of carbonyl (C=O) groups is 1. The fraction of sp³-hybridized carbons (Fsp3) is 0.462. The number of aryl methyl sites for hydroxylation is 1. The molecule has 2 N–H and O–H groups in total. The number of nitrogens with one attached hydrogen (secondary N) is 1. The van der Waals surface area contributed by atoms with E-state index in [2.05, 4.69) is 5.32 Å². The molecule has 3 heteroatoms. The molecule has 0 bridgehead atoms. The summed E-state index contributed by atoms with van der Waals surface area (Å²) in [6, 6.07) is 7.52. The van der Waals surface area contributed by atoms with Gasteiger partial charge in [-0.2, -0.15) is 0 Å². The second kappa shape index (κ2) is 5.12. The number of aliphatic hydroxyl groups is 1. The monoisotopic (exact) mass is 221 g/mol. The molecule has 1 rings (SSSR count). The first-order chi connectivity index (χ1) is 7.44. The maximum atomic E-state index is 11.8. The van der Waals surface area contributed by atoms with E-state index in [1.807, 2.05) is 25.1 Å². The molecule has 1 aromatic rings. The Balaban J connectivity index is 2.73. The summed E-state index contributed by atoms with van der Waals surface area (Å²) in [5, 5.41) is 12.2. The van der Waals surface area contributed by atoms with Crippen molar-refractivity contribution in [1.82, 2.24) is 5.32 Å². The number of hydrogen-bond donors (Lipinski definition) is 2. The van der Waals surface area contributed by atoms with Crippen LogP contribution in [-0.4, -0.2) is 23.2 Å². The molecule has 0 radical (unpaired) electrons. The molecule has 0 saturated carbocycles. The highest BCUT2D eigenvalue weighted by atomic mass is 16.3. The van der Waals surface area contributed by atoms with Crippen LogP contribution >= 0.6 is 0 Å². The van der Waals surface area contributed by atoms with Crippen LogP contribution in [0.4, 0.5) is 0 Å². The SMILES string of the molecule is CCc1ccccc1C(=O)NCC(C)(C)O. The number of amides is 1. The molecule has 0 aromatic heterocycles. The number of rotatable bonds is 4. The van der Waals surface area contributed by atoms with Crippen molar-refractivity contribution < 1.29 is 9.90 Å². The highest BCUT2D eigenvalue weighted by molar-refractivity contribution is 5.95. The Bertz CT molecular complexity index is 366. The third kappa shape index (κ3) is 3.66. The molecular weight excluding hydrogens is 202 g/mol. The van der Waals surface area contributed by atoms with Gasteiger partial charge in [0.05, 0.1) is 5.60 Å². The van der Waals surface area contributed by atoms with Gasteiger partial charge in [0.15, 0.2) is 0 Å². The van der Waals surface area contributed by atoms with E-state index >= 15 is 0 Å². The van der Waals surface area contributed by atoms with Crippen LogP contribution in [0.15, 0.2) is 24.3 Å². The molecule has 1 amide bonds. The molecule has 0 unspecified atom stereocenters. The molecule has 0 fully saturated rings. The quantitative estimate of drug-likeness (QED) is 0.813. The van der Waals surface area contributed by atoms with Crippen molar-refractivity contribution in [2.24, 2.45) is 0 Å². The van der Waals surface area contributed by atoms with Crippen LogP contribution in [0, 0.1) is 0 Å². The molecule has 0 saturated heterocycles. The smallest absolute Gasteiger partial charge is 0.251 e. The van der Waals surface area contributed by atoms with Crippen molar-refractivity contribution >= 4 is 5.91 Å². The van der Waals surface area contributed by atoms with Crippen LogP contribution < -0.4 is 5.32 Å². The van der Waals surface area contributed by atoms with E-state index in [4.69, 9.17) is 0 Å². The normalized spacial score (nSPS) is 11.2. The van der Waals surface area contributed by atoms with Gasteiger partial charge in [0.1, 0.15) is 0 Å². The number of hydrogen-bond acceptors (Lipinski definition) is 2. The molecule has 0 aliphatic heterocycles. The second-order valence-corrected chi connectivity index (χ2v) is 4.51. The lowest BCUT2D eigenvalue weighted by molar-refractivity contribution is 0.0694. The summed E-state index contributed by atoms with van der Waals surface area (Å²) < 4.78 is 0. The van der Waals surface area contributed by atoms with Crippen LogP contribution in [0.5, 0.6) is 0 Å². The maximum absolute atomic E-state index is 11.8. The Labute approximate surface area is 96.5 Å². The zero-order chi connectivity index (χ0) is 12.2. The van der Waals surface area contributed by atoms with Gasteiger partial charge in [-0.05, 0) is 31.9 Å². The summed E-state index contributed by atoms with van der Waals surface area (Å²) >= 11 is 0. The van der Waals surface area contributed by atoms with E-state index < -0.39 is 5.60 Å². The fourth-order valence-corrected chi connectivity index (χ4v) is 1.44. The topological polar surface area (TPSA) is 49.3 Å².